The SMILES string of the molecule is CCCCCCCCCCCCC=CNCCNCCNCCNCCNCCNCCN. The Morgan fingerprint density at radius 3 is 1.33 bits per heavy atom. The maximum Gasteiger partial charge on any atom is 0.0266 e. The Hall–Kier alpha value is -0.700. The second-order valence-corrected chi connectivity index (χ2v) is 8.87. The Labute approximate surface area is 206 Å². The van der Waals surface area contributed by atoms with E-state index in [1.54, 1.807) is 0 Å². The van der Waals surface area contributed by atoms with Gasteiger partial charge in [-0.15, -0.1) is 0 Å². The Bertz CT molecular complexity index is 367. The van der Waals surface area contributed by atoms with Crippen molar-refractivity contribution in [3.8, 4) is 0 Å². The van der Waals surface area contributed by atoms with Crippen molar-refractivity contribution in [2.75, 3.05) is 78.5 Å². The van der Waals surface area contributed by atoms with E-state index >= 15 is 0 Å². The molecular weight excluding hydrogens is 410 g/mol. The third-order valence-corrected chi connectivity index (χ3v) is 5.64. The summed E-state index contributed by atoms with van der Waals surface area (Å²) in [5.41, 5.74) is 5.43. The van der Waals surface area contributed by atoms with Gasteiger partial charge >= 0.3 is 0 Å². The molecule has 0 aliphatic carbocycles. The molecule has 0 heterocycles. The van der Waals surface area contributed by atoms with Crippen LogP contribution < -0.4 is 37.6 Å². The van der Waals surface area contributed by atoms with Gasteiger partial charge in [0.25, 0.3) is 0 Å². The van der Waals surface area contributed by atoms with Crippen LogP contribution >= 0.6 is 0 Å². The van der Waals surface area contributed by atoms with Gasteiger partial charge in [-0.2, -0.15) is 0 Å². The standard InChI is InChI=1S/C26H59N7/c1-2-3-4-5-6-7-8-9-10-11-12-13-15-28-17-19-30-21-23-32-25-26-33-24-22-31-20-18-29-16-14-27/h13,15,28-33H,2-12,14,16-27H2,1H3. The molecule has 0 aliphatic rings. The van der Waals surface area contributed by atoms with E-state index in [2.05, 4.69) is 51.1 Å². The highest BCUT2D eigenvalue weighted by molar-refractivity contribution is 4.79. The summed E-state index contributed by atoms with van der Waals surface area (Å²) in [6.45, 7) is 13.9. The van der Waals surface area contributed by atoms with Crippen molar-refractivity contribution in [2.24, 2.45) is 5.73 Å². The largest absolute Gasteiger partial charge is 0.390 e. The number of nitrogens with one attached hydrogen (secondary N) is 6. The molecule has 0 saturated carbocycles. The summed E-state index contributed by atoms with van der Waals surface area (Å²) in [6.07, 6.45) is 19.7. The van der Waals surface area contributed by atoms with Gasteiger partial charge in [-0.3, -0.25) is 0 Å². The highest BCUT2D eigenvalue weighted by Gasteiger charge is 1.93. The zero-order valence-electron chi connectivity index (χ0n) is 22.0. The molecule has 0 aromatic rings. The molecule has 0 bridgehead atoms. The van der Waals surface area contributed by atoms with Crippen LogP contribution in [0.4, 0.5) is 0 Å². The van der Waals surface area contributed by atoms with Crippen molar-refractivity contribution >= 4 is 0 Å². The molecule has 0 unspecified atom stereocenters. The van der Waals surface area contributed by atoms with Crippen molar-refractivity contribution in [1.82, 2.24) is 31.9 Å². The van der Waals surface area contributed by atoms with Crippen LogP contribution in [0, 0.1) is 0 Å². The molecule has 0 spiro atoms. The molecule has 0 saturated heterocycles. The summed E-state index contributed by atoms with van der Waals surface area (Å²) in [7, 11) is 0. The van der Waals surface area contributed by atoms with Crippen LogP contribution in [0.2, 0.25) is 0 Å². The summed E-state index contributed by atoms with van der Waals surface area (Å²) in [4.78, 5) is 0. The molecule has 0 fully saturated rings. The molecular formula is C26H59N7. The van der Waals surface area contributed by atoms with E-state index in [1.165, 1.54) is 70.6 Å². The van der Waals surface area contributed by atoms with Crippen LogP contribution in [0.5, 0.6) is 0 Å². The molecule has 0 atom stereocenters. The monoisotopic (exact) mass is 469 g/mol. The average molecular weight is 470 g/mol. The minimum atomic E-state index is 0.706. The first-order chi connectivity index (χ1) is 16.4. The van der Waals surface area contributed by atoms with Crippen molar-refractivity contribution < 1.29 is 0 Å². The molecule has 0 rings (SSSR count). The van der Waals surface area contributed by atoms with Gasteiger partial charge in [0.15, 0.2) is 0 Å². The predicted octanol–water partition coefficient (Wildman–Crippen LogP) is 2.31. The first-order valence-electron chi connectivity index (χ1n) is 14.0. The minimum Gasteiger partial charge on any atom is -0.390 e. The molecule has 0 aromatic carbocycles. The van der Waals surface area contributed by atoms with Crippen LogP contribution in [-0.2, 0) is 0 Å². The topological polar surface area (TPSA) is 98.2 Å². The van der Waals surface area contributed by atoms with E-state index < -0.39 is 0 Å². The molecule has 0 amide bonds. The number of allylic oxidation sites excluding steroid dienone is 1. The summed E-state index contributed by atoms with van der Waals surface area (Å²) < 4.78 is 0. The smallest absolute Gasteiger partial charge is 0.0266 e. The maximum atomic E-state index is 5.43. The van der Waals surface area contributed by atoms with E-state index in [1.807, 2.05) is 0 Å². The highest BCUT2D eigenvalue weighted by Crippen LogP contribution is 2.11. The maximum absolute atomic E-state index is 5.43. The zero-order chi connectivity index (χ0) is 23.9. The van der Waals surface area contributed by atoms with Gasteiger partial charge in [0.2, 0.25) is 0 Å². The van der Waals surface area contributed by atoms with Gasteiger partial charge in [0.05, 0.1) is 0 Å². The Morgan fingerprint density at radius 2 is 0.879 bits per heavy atom. The van der Waals surface area contributed by atoms with Crippen molar-refractivity contribution in [1.29, 1.82) is 0 Å². The Morgan fingerprint density at radius 1 is 0.485 bits per heavy atom. The van der Waals surface area contributed by atoms with E-state index in [0.717, 1.165) is 72.0 Å². The van der Waals surface area contributed by atoms with Crippen molar-refractivity contribution in [2.45, 2.75) is 77.6 Å². The van der Waals surface area contributed by atoms with Gasteiger partial charge < -0.3 is 37.6 Å². The number of rotatable bonds is 29. The first kappa shape index (κ1) is 32.3. The molecule has 0 radical (unpaired) electrons. The predicted molar refractivity (Wildman–Crippen MR) is 147 cm³/mol. The van der Waals surface area contributed by atoms with Crippen LogP contribution in [0.15, 0.2) is 12.3 Å². The van der Waals surface area contributed by atoms with Gasteiger partial charge in [-0.05, 0) is 19.0 Å². The van der Waals surface area contributed by atoms with Crippen LogP contribution in [-0.4, -0.2) is 78.5 Å². The number of nitrogens with two attached hydrogens (primary N) is 1. The van der Waals surface area contributed by atoms with Crippen LogP contribution in [0.25, 0.3) is 0 Å². The summed E-state index contributed by atoms with van der Waals surface area (Å²) in [5.74, 6) is 0. The third kappa shape index (κ3) is 31.3. The molecule has 33 heavy (non-hydrogen) atoms. The highest BCUT2D eigenvalue weighted by atomic mass is 15.0. The fourth-order valence-corrected chi connectivity index (χ4v) is 3.59. The van der Waals surface area contributed by atoms with Crippen LogP contribution in [0.1, 0.15) is 77.6 Å². The fourth-order valence-electron chi connectivity index (χ4n) is 3.59. The minimum absolute atomic E-state index is 0.706. The number of unbranched alkanes of at least 4 members (excludes halogenated alkanes) is 10. The van der Waals surface area contributed by atoms with Gasteiger partial charge in [0, 0.05) is 78.5 Å². The summed E-state index contributed by atoms with van der Waals surface area (Å²) in [5, 5.41) is 20.4. The molecule has 7 heteroatoms. The lowest BCUT2D eigenvalue weighted by Gasteiger charge is -2.09. The fraction of sp³-hybridized carbons (Fsp3) is 0.923. The summed E-state index contributed by atoms with van der Waals surface area (Å²) >= 11 is 0. The molecule has 7 nitrogen and oxygen atoms in total. The van der Waals surface area contributed by atoms with Gasteiger partial charge in [-0.1, -0.05) is 70.8 Å². The second kappa shape index (κ2) is 31.3. The van der Waals surface area contributed by atoms with E-state index in [-0.39, 0.29) is 0 Å². The normalized spacial score (nSPS) is 11.6. The quantitative estimate of drug-likeness (QED) is 0.0845. The van der Waals surface area contributed by atoms with Crippen molar-refractivity contribution in [3.63, 3.8) is 0 Å². The second-order valence-electron chi connectivity index (χ2n) is 8.87. The van der Waals surface area contributed by atoms with Crippen molar-refractivity contribution in [3.05, 3.63) is 12.3 Å². The first-order valence-corrected chi connectivity index (χ1v) is 14.0. The molecule has 8 N–H and O–H groups in total. The Kier molecular flexibility index (Phi) is 30.6. The summed E-state index contributed by atoms with van der Waals surface area (Å²) in [6, 6.07) is 0. The van der Waals surface area contributed by atoms with E-state index in [0.29, 0.717) is 6.54 Å². The lowest BCUT2D eigenvalue weighted by atomic mass is 10.1. The molecule has 198 valence electrons. The number of hydrogen-bond acceptors (Lipinski definition) is 7. The van der Waals surface area contributed by atoms with E-state index in [9.17, 15) is 0 Å². The zero-order valence-corrected chi connectivity index (χ0v) is 22.0. The lowest BCUT2D eigenvalue weighted by molar-refractivity contribution is 0.556. The lowest BCUT2D eigenvalue weighted by Crippen LogP contribution is -2.37. The van der Waals surface area contributed by atoms with Gasteiger partial charge in [0.1, 0.15) is 0 Å². The van der Waals surface area contributed by atoms with Crippen LogP contribution in [0.3, 0.4) is 0 Å². The number of hydrogen-bond donors (Lipinski definition) is 7. The Balaban J connectivity index is 3.06. The molecule has 0 aliphatic heterocycles. The van der Waals surface area contributed by atoms with Gasteiger partial charge in [-0.25, -0.2) is 0 Å². The average Bonchev–Trinajstić information content (AvgIpc) is 2.83. The third-order valence-electron chi connectivity index (χ3n) is 5.64. The molecule has 0 aromatic heterocycles. The van der Waals surface area contributed by atoms with E-state index in [4.69, 9.17) is 5.73 Å².